The van der Waals surface area contributed by atoms with Crippen molar-refractivity contribution in [3.05, 3.63) is 132 Å². The van der Waals surface area contributed by atoms with E-state index in [2.05, 4.69) is 36.2 Å². The molecule has 0 radical (unpaired) electrons. The van der Waals surface area contributed by atoms with E-state index >= 15 is 0 Å². The number of rotatable bonds is 20. The van der Waals surface area contributed by atoms with Crippen molar-refractivity contribution in [2.75, 3.05) is 33.0 Å². The van der Waals surface area contributed by atoms with Crippen LogP contribution >= 0.6 is 0 Å². The molecule has 63 heavy (non-hydrogen) atoms. The highest BCUT2D eigenvalue weighted by atomic mass is 16.7. The molecule has 4 aromatic carbocycles. The van der Waals surface area contributed by atoms with Gasteiger partial charge in [0.2, 0.25) is 5.79 Å². The van der Waals surface area contributed by atoms with Crippen molar-refractivity contribution in [1.29, 1.82) is 0 Å². The van der Waals surface area contributed by atoms with Gasteiger partial charge in [0.25, 0.3) is 0 Å². The Morgan fingerprint density at radius 1 is 0.937 bits per heavy atom. The van der Waals surface area contributed by atoms with Gasteiger partial charge in [-0.15, -0.1) is 6.58 Å². The van der Waals surface area contributed by atoms with E-state index in [1.165, 1.54) is 0 Å². The predicted molar refractivity (Wildman–Crippen MR) is 242 cm³/mol. The zero-order chi connectivity index (χ0) is 44.2. The summed E-state index contributed by atoms with van der Waals surface area (Å²) in [5.41, 5.74) is 4.30. The van der Waals surface area contributed by atoms with Crippen LogP contribution in [0.15, 0.2) is 120 Å². The maximum atomic E-state index is 14.6. The number of fused-ring (bicyclic) bond motifs is 3. The molecule has 6 unspecified atom stereocenters. The maximum absolute atomic E-state index is 14.6. The van der Waals surface area contributed by atoms with Crippen molar-refractivity contribution >= 4 is 28.7 Å². The molecule has 0 saturated heterocycles. The first kappa shape index (κ1) is 45.3. The summed E-state index contributed by atoms with van der Waals surface area (Å²) in [6.07, 6.45) is 7.51. The summed E-state index contributed by atoms with van der Waals surface area (Å²) < 4.78 is 26.3. The molecule has 6 atom stereocenters. The minimum Gasteiger partial charge on any atom is -0.459 e. The number of aliphatic hydroxyl groups excluding tert-OH is 2. The molecule has 1 saturated carbocycles. The Balaban J connectivity index is 1.41. The fourth-order valence-corrected chi connectivity index (χ4v) is 9.89. The Morgan fingerprint density at radius 3 is 2.46 bits per heavy atom. The highest BCUT2D eigenvalue weighted by molar-refractivity contribution is 6.03. The quantitative estimate of drug-likeness (QED) is 0.0449. The van der Waals surface area contributed by atoms with Gasteiger partial charge in [-0.05, 0) is 97.0 Å². The number of hydrogen-bond acceptors (Lipinski definition) is 10. The Kier molecular flexibility index (Phi) is 15.5. The second kappa shape index (κ2) is 21.6. The zero-order valence-corrected chi connectivity index (χ0v) is 36.5. The molecule has 2 amide bonds. The number of amides is 2. The van der Waals surface area contributed by atoms with Crippen LogP contribution in [0.25, 0.3) is 10.8 Å². The van der Waals surface area contributed by atoms with E-state index in [9.17, 15) is 19.8 Å². The van der Waals surface area contributed by atoms with Gasteiger partial charge in [0.05, 0.1) is 31.4 Å². The lowest BCUT2D eigenvalue weighted by atomic mass is 9.55. The average Bonchev–Trinajstić information content (AvgIpc) is 3.30. The lowest BCUT2D eigenvalue weighted by Gasteiger charge is -2.59. The Morgan fingerprint density at radius 2 is 1.70 bits per heavy atom. The normalized spacial score (nSPS) is 22.8. The molecule has 1 aliphatic heterocycles. The summed E-state index contributed by atoms with van der Waals surface area (Å²) in [4.78, 5) is 35.5. The van der Waals surface area contributed by atoms with Gasteiger partial charge >= 0.3 is 12.2 Å². The van der Waals surface area contributed by atoms with Crippen molar-refractivity contribution in [3.63, 3.8) is 0 Å². The van der Waals surface area contributed by atoms with E-state index in [0.717, 1.165) is 58.7 Å². The maximum Gasteiger partial charge on any atom is 0.412 e. The Bertz CT molecular complexity index is 2240. The molecule has 0 aromatic heterocycles. The standard InChI is InChI=1S/C51H61N3O9/c1-4-29-60-51-46(54(50(58)59-5-2)34-38-22-16-21-36-19-10-11-23-40(36)38)32-44(53-61-6-3)42-30-37(20-12-14-27-55)41(24-13-15-28-56)47(48(42)51)43-31-39(25-26-45(43)63-51)62-49(57)52-33-35-17-8-7-9-18-35/h4,7-11,16-19,21-23,25-26,30-31,37,41,46-48,55-56H,1,5-6,12-15,20,24,27-29,32-34H2,2-3H3,(H,52,57). The first-order valence-electron chi connectivity index (χ1n) is 22.5. The molecular weight excluding hydrogens is 799 g/mol. The van der Waals surface area contributed by atoms with E-state index in [1.54, 1.807) is 24.0 Å². The van der Waals surface area contributed by atoms with Crippen LogP contribution in [0.5, 0.6) is 11.5 Å². The minimum absolute atomic E-state index is 0.0123. The number of oxime groups is 1. The van der Waals surface area contributed by atoms with Gasteiger partial charge in [0.1, 0.15) is 24.1 Å². The van der Waals surface area contributed by atoms with Gasteiger partial charge in [-0.1, -0.05) is 103 Å². The molecule has 0 bridgehead atoms. The predicted octanol–water partition coefficient (Wildman–Crippen LogP) is 9.44. The first-order chi connectivity index (χ1) is 30.8. The van der Waals surface area contributed by atoms with Gasteiger partial charge in [-0.25, -0.2) is 9.59 Å². The number of allylic oxidation sites excluding steroid dienone is 1. The van der Waals surface area contributed by atoms with Crippen molar-refractivity contribution in [3.8, 4) is 11.5 Å². The molecular formula is C51H61N3O9. The van der Waals surface area contributed by atoms with Crippen molar-refractivity contribution in [1.82, 2.24) is 10.2 Å². The molecule has 12 nitrogen and oxygen atoms in total. The third kappa shape index (κ3) is 10.1. The fourth-order valence-electron chi connectivity index (χ4n) is 9.89. The highest BCUT2D eigenvalue weighted by Gasteiger charge is 2.65. The average molecular weight is 860 g/mol. The SMILES string of the molecule is C=CCOC12Oc3ccc(OC(=O)NCc4ccccc4)cc3C3C(CCCCO)C(CCCCO)C=C(C(=NOCC)CC1N(Cc1cccc4ccccc14)C(=O)OCC)C32. The minimum atomic E-state index is -1.49. The zero-order valence-electron chi connectivity index (χ0n) is 36.5. The van der Waals surface area contributed by atoms with E-state index in [4.69, 9.17) is 28.9 Å². The lowest BCUT2D eigenvalue weighted by molar-refractivity contribution is -0.256. The number of nitrogens with one attached hydrogen (secondary N) is 1. The largest absolute Gasteiger partial charge is 0.459 e. The molecule has 1 fully saturated rings. The third-order valence-electron chi connectivity index (χ3n) is 12.5. The number of carbonyl (C=O) groups excluding carboxylic acids is 2. The molecule has 0 spiro atoms. The summed E-state index contributed by atoms with van der Waals surface area (Å²) in [6, 6.07) is 28.5. The van der Waals surface area contributed by atoms with Crippen molar-refractivity contribution in [2.45, 2.75) is 89.6 Å². The Labute approximate surface area is 370 Å². The van der Waals surface area contributed by atoms with Crippen LogP contribution in [0.3, 0.4) is 0 Å². The topological polar surface area (TPSA) is 148 Å². The van der Waals surface area contributed by atoms with Crippen LogP contribution in [-0.4, -0.2) is 77.9 Å². The smallest absolute Gasteiger partial charge is 0.412 e. The van der Waals surface area contributed by atoms with Crippen LogP contribution in [0.1, 0.15) is 81.4 Å². The number of benzene rings is 4. The number of aliphatic hydroxyl groups is 2. The molecule has 334 valence electrons. The first-order valence-corrected chi connectivity index (χ1v) is 22.5. The van der Waals surface area contributed by atoms with Gasteiger partial charge < -0.3 is 39.3 Å². The van der Waals surface area contributed by atoms with Crippen molar-refractivity contribution in [2.24, 2.45) is 22.9 Å². The van der Waals surface area contributed by atoms with Crippen LogP contribution in [0.4, 0.5) is 9.59 Å². The van der Waals surface area contributed by atoms with Crippen LogP contribution < -0.4 is 14.8 Å². The summed E-state index contributed by atoms with van der Waals surface area (Å²) in [7, 11) is 0. The monoisotopic (exact) mass is 859 g/mol. The second-order valence-electron chi connectivity index (χ2n) is 16.4. The number of unbranched alkanes of at least 4 members (excludes halogenated alkanes) is 2. The van der Waals surface area contributed by atoms with Gasteiger partial charge in [-0.2, -0.15) is 0 Å². The number of carbonyl (C=O) groups is 2. The van der Waals surface area contributed by atoms with E-state index in [1.807, 2.05) is 73.7 Å². The van der Waals surface area contributed by atoms with E-state index < -0.39 is 29.9 Å². The molecule has 4 aromatic rings. The van der Waals surface area contributed by atoms with Gasteiger partial charge in [0.15, 0.2) is 0 Å². The van der Waals surface area contributed by atoms with E-state index in [-0.39, 0.29) is 57.1 Å². The van der Waals surface area contributed by atoms with Crippen molar-refractivity contribution < 1.29 is 43.6 Å². The van der Waals surface area contributed by atoms with E-state index in [0.29, 0.717) is 43.2 Å². The molecule has 12 heteroatoms. The molecule has 3 aliphatic rings. The highest BCUT2D eigenvalue weighted by Crippen LogP contribution is 2.62. The number of nitrogens with zero attached hydrogens (tertiary/aromatic N) is 2. The summed E-state index contributed by atoms with van der Waals surface area (Å²) in [5.74, 6) is -1.41. The lowest BCUT2D eigenvalue weighted by Crippen LogP contribution is -2.70. The fraction of sp³-hybridized carbons (Fsp3) is 0.431. The summed E-state index contributed by atoms with van der Waals surface area (Å²) >= 11 is 0. The van der Waals surface area contributed by atoms with Crippen LogP contribution in [-0.2, 0) is 27.4 Å². The molecule has 7 rings (SSSR count). The van der Waals surface area contributed by atoms with Gasteiger partial charge in [0, 0.05) is 37.7 Å². The number of ether oxygens (including phenoxy) is 4. The van der Waals surface area contributed by atoms with Crippen LogP contribution in [0, 0.1) is 17.8 Å². The number of hydrogen-bond donors (Lipinski definition) is 3. The second-order valence-corrected chi connectivity index (χ2v) is 16.4. The van der Waals surface area contributed by atoms with Crippen LogP contribution in [0.2, 0.25) is 0 Å². The molecule has 2 aliphatic carbocycles. The molecule has 3 N–H and O–H groups in total. The summed E-state index contributed by atoms with van der Waals surface area (Å²) in [5, 5.41) is 29.6. The Hall–Kier alpha value is -5.69. The molecule has 1 heterocycles. The third-order valence-corrected chi connectivity index (χ3v) is 12.5. The van der Waals surface area contributed by atoms with Gasteiger partial charge in [-0.3, -0.25) is 4.90 Å². The summed E-state index contributed by atoms with van der Waals surface area (Å²) in [6.45, 7) is 8.97.